The first-order valence-electron chi connectivity index (χ1n) is 7.35. The Bertz CT molecular complexity index is 823. The van der Waals surface area contributed by atoms with Crippen molar-refractivity contribution in [3.63, 3.8) is 0 Å². The van der Waals surface area contributed by atoms with Gasteiger partial charge in [-0.2, -0.15) is 4.57 Å². The molecule has 0 bridgehead atoms. The van der Waals surface area contributed by atoms with Crippen LogP contribution >= 0.6 is 23.4 Å². The Balaban J connectivity index is 1.96. The standard InChI is InChI=1S/C18H16ClN2S/c1-13-17(14-7-9-15(19)10-8-14)20-11-12-22-18(20)21(13)16-5-3-2-4-6-16/h2-10H,11-12H2,1H3/q+1. The Morgan fingerprint density at radius 3 is 2.50 bits per heavy atom. The van der Waals surface area contributed by atoms with Crippen LogP contribution < -0.4 is 4.57 Å². The lowest BCUT2D eigenvalue weighted by Gasteiger charge is -2.02. The molecule has 0 aliphatic carbocycles. The molecule has 4 heteroatoms. The van der Waals surface area contributed by atoms with E-state index in [1.54, 1.807) is 0 Å². The SMILES string of the molecule is Cc1c(-c2ccc(Cl)cc2)[n+]2c(n1-c1ccccc1)SCC2. The van der Waals surface area contributed by atoms with Gasteiger partial charge in [-0.25, -0.2) is 4.57 Å². The molecular formula is C18H16ClN2S+. The van der Waals surface area contributed by atoms with E-state index in [1.807, 2.05) is 23.9 Å². The first kappa shape index (κ1) is 13.9. The zero-order chi connectivity index (χ0) is 15.1. The molecule has 0 radical (unpaired) electrons. The van der Waals surface area contributed by atoms with Gasteiger partial charge in [-0.15, -0.1) is 0 Å². The second kappa shape index (κ2) is 5.49. The monoisotopic (exact) mass is 327 g/mol. The van der Waals surface area contributed by atoms with Crippen molar-refractivity contribution in [3.8, 4) is 16.9 Å². The van der Waals surface area contributed by atoms with Crippen LogP contribution in [0, 0.1) is 6.92 Å². The maximum Gasteiger partial charge on any atom is 0.324 e. The summed E-state index contributed by atoms with van der Waals surface area (Å²) in [6.45, 7) is 3.25. The number of imidazole rings is 1. The first-order chi connectivity index (χ1) is 10.8. The van der Waals surface area contributed by atoms with Crippen LogP contribution in [0.5, 0.6) is 0 Å². The molecule has 110 valence electrons. The van der Waals surface area contributed by atoms with Gasteiger partial charge in [-0.3, -0.25) is 0 Å². The summed E-state index contributed by atoms with van der Waals surface area (Å²) in [6, 6.07) is 18.7. The fraction of sp³-hybridized carbons (Fsp3) is 0.167. The Kier molecular flexibility index (Phi) is 3.47. The molecule has 2 aromatic carbocycles. The summed E-state index contributed by atoms with van der Waals surface area (Å²) in [5.41, 5.74) is 5.01. The van der Waals surface area contributed by atoms with Crippen molar-refractivity contribution in [2.45, 2.75) is 18.6 Å². The highest BCUT2D eigenvalue weighted by atomic mass is 35.5. The zero-order valence-corrected chi connectivity index (χ0v) is 13.9. The van der Waals surface area contributed by atoms with Crippen LogP contribution in [0.25, 0.3) is 16.9 Å². The van der Waals surface area contributed by atoms with Gasteiger partial charge in [0.2, 0.25) is 0 Å². The summed E-state index contributed by atoms with van der Waals surface area (Å²) in [5, 5.41) is 2.09. The van der Waals surface area contributed by atoms with Crippen molar-refractivity contribution in [2.75, 3.05) is 5.75 Å². The molecule has 3 aromatic rings. The highest BCUT2D eigenvalue weighted by molar-refractivity contribution is 7.99. The highest BCUT2D eigenvalue weighted by Gasteiger charge is 2.34. The van der Waals surface area contributed by atoms with E-state index in [2.05, 4.69) is 58.5 Å². The van der Waals surface area contributed by atoms with Gasteiger partial charge in [0.05, 0.1) is 0 Å². The van der Waals surface area contributed by atoms with E-state index in [4.69, 9.17) is 11.6 Å². The van der Waals surface area contributed by atoms with Crippen molar-refractivity contribution >= 4 is 23.4 Å². The summed E-state index contributed by atoms with van der Waals surface area (Å²) in [7, 11) is 0. The number of aromatic nitrogens is 2. The molecule has 0 unspecified atom stereocenters. The number of hydrogen-bond donors (Lipinski definition) is 0. The minimum Gasteiger partial charge on any atom is -0.216 e. The summed E-state index contributed by atoms with van der Waals surface area (Å²) < 4.78 is 4.79. The van der Waals surface area contributed by atoms with Crippen LogP contribution in [0.1, 0.15) is 5.69 Å². The number of halogens is 1. The quantitative estimate of drug-likeness (QED) is 0.629. The molecule has 2 heterocycles. The van der Waals surface area contributed by atoms with Crippen molar-refractivity contribution in [3.05, 3.63) is 65.3 Å². The molecule has 2 nitrogen and oxygen atoms in total. The molecule has 0 N–H and O–H groups in total. The molecule has 1 aliphatic heterocycles. The van der Waals surface area contributed by atoms with Crippen molar-refractivity contribution < 1.29 is 4.57 Å². The molecule has 0 spiro atoms. The van der Waals surface area contributed by atoms with Gasteiger partial charge in [0.25, 0.3) is 0 Å². The van der Waals surface area contributed by atoms with E-state index in [0.29, 0.717) is 0 Å². The molecule has 0 atom stereocenters. The Morgan fingerprint density at radius 2 is 1.77 bits per heavy atom. The minimum absolute atomic E-state index is 0.778. The lowest BCUT2D eigenvalue weighted by atomic mass is 10.1. The fourth-order valence-corrected chi connectivity index (χ4v) is 4.39. The van der Waals surface area contributed by atoms with E-state index in [0.717, 1.165) is 17.3 Å². The third kappa shape index (κ3) is 2.16. The number of thioether (sulfide) groups is 1. The average Bonchev–Trinajstić information content (AvgIpc) is 3.09. The smallest absolute Gasteiger partial charge is 0.216 e. The maximum atomic E-state index is 6.04. The summed E-state index contributed by atoms with van der Waals surface area (Å²) in [6.07, 6.45) is 0. The number of para-hydroxylation sites is 1. The molecule has 1 aromatic heterocycles. The largest absolute Gasteiger partial charge is 0.324 e. The van der Waals surface area contributed by atoms with E-state index in [9.17, 15) is 0 Å². The van der Waals surface area contributed by atoms with Crippen LogP contribution in [-0.2, 0) is 6.54 Å². The van der Waals surface area contributed by atoms with E-state index in [-0.39, 0.29) is 0 Å². The van der Waals surface area contributed by atoms with Gasteiger partial charge in [0, 0.05) is 23.3 Å². The van der Waals surface area contributed by atoms with Crippen LogP contribution in [0.15, 0.2) is 59.8 Å². The predicted molar refractivity (Wildman–Crippen MR) is 91.9 cm³/mol. The first-order valence-corrected chi connectivity index (χ1v) is 8.71. The van der Waals surface area contributed by atoms with Gasteiger partial charge in [-0.1, -0.05) is 29.8 Å². The Labute approximate surface area is 139 Å². The molecule has 1 aliphatic rings. The Hall–Kier alpha value is -1.71. The molecule has 4 rings (SSSR count). The number of hydrogen-bond acceptors (Lipinski definition) is 1. The molecule has 0 saturated carbocycles. The van der Waals surface area contributed by atoms with Crippen LogP contribution in [0.4, 0.5) is 0 Å². The van der Waals surface area contributed by atoms with Crippen LogP contribution in [0.3, 0.4) is 0 Å². The summed E-state index contributed by atoms with van der Waals surface area (Å²) in [4.78, 5) is 0. The molecule has 0 fully saturated rings. The number of nitrogens with zero attached hydrogens (tertiary/aromatic N) is 2. The van der Waals surface area contributed by atoms with E-state index < -0.39 is 0 Å². The third-order valence-corrected chi connectivity index (χ3v) is 5.35. The fourth-order valence-electron chi connectivity index (χ4n) is 3.09. The predicted octanol–water partition coefficient (Wildman–Crippen LogP) is 4.50. The molecule has 0 saturated heterocycles. The van der Waals surface area contributed by atoms with Crippen LogP contribution in [-0.4, -0.2) is 10.3 Å². The van der Waals surface area contributed by atoms with Gasteiger partial charge in [-0.05, 0) is 48.2 Å². The van der Waals surface area contributed by atoms with Gasteiger partial charge < -0.3 is 0 Å². The topological polar surface area (TPSA) is 8.81 Å². The number of fused-ring (bicyclic) bond motifs is 1. The Morgan fingerprint density at radius 1 is 1.05 bits per heavy atom. The van der Waals surface area contributed by atoms with Crippen molar-refractivity contribution in [2.24, 2.45) is 0 Å². The normalized spacial score (nSPS) is 13.4. The second-order valence-corrected chi connectivity index (χ2v) is 6.89. The second-order valence-electron chi connectivity index (χ2n) is 5.39. The molecule has 0 amide bonds. The van der Waals surface area contributed by atoms with E-state index >= 15 is 0 Å². The maximum absolute atomic E-state index is 6.04. The van der Waals surface area contributed by atoms with Gasteiger partial charge in [0.15, 0.2) is 11.4 Å². The lowest BCUT2D eigenvalue weighted by Crippen LogP contribution is -2.33. The van der Waals surface area contributed by atoms with Crippen LogP contribution in [0.2, 0.25) is 5.02 Å². The minimum atomic E-state index is 0.778. The van der Waals surface area contributed by atoms with Crippen molar-refractivity contribution in [1.82, 2.24) is 4.57 Å². The third-order valence-electron chi connectivity index (χ3n) is 4.05. The van der Waals surface area contributed by atoms with Crippen molar-refractivity contribution in [1.29, 1.82) is 0 Å². The lowest BCUT2D eigenvalue weighted by molar-refractivity contribution is -0.713. The van der Waals surface area contributed by atoms with E-state index in [1.165, 1.54) is 27.8 Å². The number of benzene rings is 2. The average molecular weight is 328 g/mol. The highest BCUT2D eigenvalue weighted by Crippen LogP contribution is 2.33. The summed E-state index contributed by atoms with van der Waals surface area (Å²) in [5.74, 6) is 1.13. The van der Waals surface area contributed by atoms with Gasteiger partial charge in [0.1, 0.15) is 12.2 Å². The number of rotatable bonds is 2. The molecular weight excluding hydrogens is 312 g/mol. The molecule has 22 heavy (non-hydrogen) atoms. The summed E-state index contributed by atoms with van der Waals surface area (Å²) >= 11 is 7.96. The zero-order valence-electron chi connectivity index (χ0n) is 12.3. The van der Waals surface area contributed by atoms with Gasteiger partial charge >= 0.3 is 5.16 Å².